The van der Waals surface area contributed by atoms with Crippen molar-refractivity contribution in [3.05, 3.63) is 52.4 Å². The highest BCUT2D eigenvalue weighted by Crippen LogP contribution is 2.47. The lowest BCUT2D eigenvalue weighted by Crippen LogP contribution is -2.34. The number of hydrogen-bond donors (Lipinski definition) is 0. The van der Waals surface area contributed by atoms with Gasteiger partial charge in [0.25, 0.3) is 0 Å². The first-order valence-corrected chi connectivity index (χ1v) is 10.0. The summed E-state index contributed by atoms with van der Waals surface area (Å²) in [5.41, 5.74) is 7.67. The van der Waals surface area contributed by atoms with E-state index in [4.69, 9.17) is 4.52 Å². The van der Waals surface area contributed by atoms with E-state index in [0.29, 0.717) is 0 Å². The summed E-state index contributed by atoms with van der Waals surface area (Å²) in [6.45, 7) is 14.1. The highest BCUT2D eigenvalue weighted by molar-refractivity contribution is 5.81. The molecule has 0 bridgehead atoms. The molecule has 26 heavy (non-hydrogen) atoms. The summed E-state index contributed by atoms with van der Waals surface area (Å²) < 4.78 is 5.31. The summed E-state index contributed by atoms with van der Waals surface area (Å²) in [7, 11) is 0. The van der Waals surface area contributed by atoms with E-state index in [-0.39, 0.29) is 10.8 Å². The number of unbranched alkanes of at least 4 members (excludes halogenated alkanes) is 1. The van der Waals surface area contributed by atoms with Gasteiger partial charge in [0.1, 0.15) is 0 Å². The van der Waals surface area contributed by atoms with Crippen LogP contribution in [-0.2, 0) is 17.3 Å². The average Bonchev–Trinajstić information content (AvgIpc) is 3.09. The second-order valence-electron chi connectivity index (χ2n) is 9.17. The number of benzene rings is 1. The summed E-state index contributed by atoms with van der Waals surface area (Å²) in [6.07, 6.45) is 9.90. The zero-order chi connectivity index (χ0) is 18.9. The van der Waals surface area contributed by atoms with E-state index in [9.17, 15) is 0 Å². The van der Waals surface area contributed by atoms with Gasteiger partial charge in [0.05, 0.1) is 6.20 Å². The molecule has 0 saturated carbocycles. The van der Waals surface area contributed by atoms with Crippen LogP contribution in [-0.4, -0.2) is 5.16 Å². The number of aryl methyl sites for hydroxylation is 1. The van der Waals surface area contributed by atoms with Crippen molar-refractivity contribution in [2.75, 3.05) is 0 Å². The molecule has 2 aromatic rings. The molecule has 2 nitrogen and oxygen atoms in total. The highest BCUT2D eigenvalue weighted by atomic mass is 16.5. The fourth-order valence-corrected chi connectivity index (χ4v) is 4.19. The number of fused-ring (bicyclic) bond motifs is 1. The van der Waals surface area contributed by atoms with E-state index in [1.54, 1.807) is 11.8 Å². The number of rotatable bonds is 5. The van der Waals surface area contributed by atoms with Gasteiger partial charge in [-0.25, -0.2) is 0 Å². The van der Waals surface area contributed by atoms with Crippen molar-refractivity contribution in [3.63, 3.8) is 0 Å². The van der Waals surface area contributed by atoms with E-state index >= 15 is 0 Å². The molecular weight excluding hydrogens is 318 g/mol. The molecule has 2 heteroatoms. The Bertz CT molecular complexity index is 794. The summed E-state index contributed by atoms with van der Waals surface area (Å²) in [5.74, 6) is 0.821. The molecule has 0 spiro atoms. The molecule has 0 atom stereocenters. The molecular formula is C24H33NO. The molecule has 0 N–H and O–H groups in total. The zero-order valence-corrected chi connectivity index (χ0v) is 17.3. The van der Waals surface area contributed by atoms with Crippen molar-refractivity contribution in [1.29, 1.82) is 0 Å². The Morgan fingerprint density at radius 1 is 1.12 bits per heavy atom. The fraction of sp³-hybridized carbons (Fsp3) is 0.542. The van der Waals surface area contributed by atoms with Crippen LogP contribution in [0.25, 0.3) is 11.6 Å². The Kier molecular flexibility index (Phi) is 5.14. The molecule has 140 valence electrons. The van der Waals surface area contributed by atoms with Crippen LogP contribution >= 0.6 is 0 Å². The van der Waals surface area contributed by atoms with Crippen LogP contribution in [0.4, 0.5) is 0 Å². The SMILES string of the molecule is CCCCc1cc2c(cc1/C(C)=C/c1ccno1)C(C)(C)CCC2(C)C. The van der Waals surface area contributed by atoms with Crippen LogP contribution < -0.4 is 0 Å². The molecule has 1 aromatic heterocycles. The number of allylic oxidation sites excluding steroid dienone is 1. The van der Waals surface area contributed by atoms with Crippen LogP contribution in [0, 0.1) is 0 Å². The van der Waals surface area contributed by atoms with Gasteiger partial charge in [-0.1, -0.05) is 58.3 Å². The third kappa shape index (κ3) is 3.65. The fourth-order valence-electron chi connectivity index (χ4n) is 4.19. The van der Waals surface area contributed by atoms with Crippen LogP contribution in [0.5, 0.6) is 0 Å². The number of aromatic nitrogens is 1. The first-order valence-electron chi connectivity index (χ1n) is 10.0. The maximum Gasteiger partial charge on any atom is 0.159 e. The second kappa shape index (κ2) is 7.06. The number of hydrogen-bond acceptors (Lipinski definition) is 2. The second-order valence-corrected chi connectivity index (χ2v) is 9.17. The molecule has 0 fully saturated rings. The molecule has 1 aliphatic rings. The van der Waals surface area contributed by atoms with Crippen molar-refractivity contribution in [3.8, 4) is 0 Å². The van der Waals surface area contributed by atoms with Crippen LogP contribution in [0.3, 0.4) is 0 Å². The summed E-state index contributed by atoms with van der Waals surface area (Å²) in [6, 6.07) is 6.91. The first-order chi connectivity index (χ1) is 12.2. The molecule has 1 aromatic carbocycles. The highest BCUT2D eigenvalue weighted by Gasteiger charge is 2.37. The van der Waals surface area contributed by atoms with Crippen molar-refractivity contribution < 1.29 is 4.52 Å². The van der Waals surface area contributed by atoms with Gasteiger partial charge in [0.15, 0.2) is 5.76 Å². The monoisotopic (exact) mass is 351 g/mol. The van der Waals surface area contributed by atoms with E-state index in [1.165, 1.54) is 47.9 Å². The zero-order valence-electron chi connectivity index (χ0n) is 17.3. The molecule has 0 saturated heterocycles. The molecule has 0 amide bonds. The van der Waals surface area contributed by atoms with Crippen molar-refractivity contribution in [2.24, 2.45) is 0 Å². The molecule has 1 aliphatic carbocycles. The smallest absolute Gasteiger partial charge is 0.159 e. The molecule has 1 heterocycles. The van der Waals surface area contributed by atoms with Crippen LogP contribution in [0.2, 0.25) is 0 Å². The van der Waals surface area contributed by atoms with Gasteiger partial charge in [0, 0.05) is 6.07 Å². The summed E-state index contributed by atoms with van der Waals surface area (Å²) >= 11 is 0. The van der Waals surface area contributed by atoms with Crippen LogP contribution in [0.15, 0.2) is 28.9 Å². The molecule has 0 unspecified atom stereocenters. The van der Waals surface area contributed by atoms with Crippen molar-refractivity contribution in [1.82, 2.24) is 5.16 Å². The third-order valence-electron chi connectivity index (χ3n) is 6.12. The topological polar surface area (TPSA) is 26.0 Å². The predicted molar refractivity (Wildman–Crippen MR) is 110 cm³/mol. The molecule has 0 aliphatic heterocycles. The third-order valence-corrected chi connectivity index (χ3v) is 6.12. The van der Waals surface area contributed by atoms with Crippen LogP contribution in [0.1, 0.15) is 95.2 Å². The lowest BCUT2D eigenvalue weighted by atomic mass is 9.62. The average molecular weight is 352 g/mol. The normalized spacial score (nSPS) is 18.6. The first kappa shape index (κ1) is 18.9. The van der Waals surface area contributed by atoms with Gasteiger partial charge >= 0.3 is 0 Å². The maximum absolute atomic E-state index is 5.31. The van der Waals surface area contributed by atoms with Gasteiger partial charge in [-0.2, -0.15) is 0 Å². The van der Waals surface area contributed by atoms with E-state index in [2.05, 4.69) is 64.9 Å². The largest absolute Gasteiger partial charge is 0.357 e. The number of nitrogens with zero attached hydrogens (tertiary/aromatic N) is 1. The predicted octanol–water partition coefficient (Wildman–Crippen LogP) is 6.93. The van der Waals surface area contributed by atoms with Gasteiger partial charge in [-0.15, -0.1) is 0 Å². The Morgan fingerprint density at radius 2 is 1.77 bits per heavy atom. The lowest BCUT2D eigenvalue weighted by molar-refractivity contribution is 0.331. The van der Waals surface area contributed by atoms with Gasteiger partial charge < -0.3 is 4.52 Å². The molecule has 3 rings (SSSR count). The molecule has 0 radical (unpaired) electrons. The minimum Gasteiger partial charge on any atom is -0.357 e. The quantitative estimate of drug-likeness (QED) is 0.584. The minimum absolute atomic E-state index is 0.232. The van der Waals surface area contributed by atoms with E-state index in [0.717, 1.165) is 12.2 Å². The Labute approximate surface area is 158 Å². The summed E-state index contributed by atoms with van der Waals surface area (Å²) in [4.78, 5) is 0. The van der Waals surface area contributed by atoms with E-state index in [1.807, 2.05) is 6.07 Å². The standard InChI is InChI=1S/C24H33NO/c1-7-8-9-18-15-21-22(24(5,6)12-11-23(21,3)4)16-20(18)17(2)14-19-10-13-25-26-19/h10,13-16H,7-9,11-12H2,1-6H3/b17-14+. The van der Waals surface area contributed by atoms with Gasteiger partial charge in [-0.3, -0.25) is 0 Å². The lowest BCUT2D eigenvalue weighted by Gasteiger charge is -2.42. The van der Waals surface area contributed by atoms with Crippen molar-refractivity contribution >= 4 is 11.6 Å². The van der Waals surface area contributed by atoms with Crippen molar-refractivity contribution in [2.45, 2.75) is 84.5 Å². The Hall–Kier alpha value is -1.83. The van der Waals surface area contributed by atoms with E-state index < -0.39 is 0 Å². The Morgan fingerprint density at radius 3 is 2.35 bits per heavy atom. The van der Waals surface area contributed by atoms with Gasteiger partial charge in [0.2, 0.25) is 0 Å². The van der Waals surface area contributed by atoms with Gasteiger partial charge in [-0.05, 0) is 77.3 Å². The maximum atomic E-state index is 5.31. The minimum atomic E-state index is 0.232. The summed E-state index contributed by atoms with van der Waals surface area (Å²) in [5, 5.41) is 3.83. The Balaban J connectivity index is 2.16.